The molecule has 20 heavy (non-hydrogen) atoms. The molecule has 7 heteroatoms. The van der Waals surface area contributed by atoms with E-state index in [0.29, 0.717) is 18.9 Å². The number of aliphatic imine (C=N–C) groups is 2. The molecule has 1 aromatic rings. The lowest BCUT2D eigenvalue weighted by atomic mass is 10.1. The summed E-state index contributed by atoms with van der Waals surface area (Å²) in [6.45, 7) is 1.36. The second-order valence-electron chi connectivity index (χ2n) is 4.37. The summed E-state index contributed by atoms with van der Waals surface area (Å²) in [5, 5.41) is 9.82. The lowest BCUT2D eigenvalue weighted by Crippen LogP contribution is -2.36. The Morgan fingerprint density at radius 2 is 2.05 bits per heavy atom. The molecule has 0 aliphatic carbocycles. The Morgan fingerprint density at radius 1 is 1.30 bits per heavy atom. The zero-order valence-electron chi connectivity index (χ0n) is 10.2. The number of alkyl halides is 3. The van der Waals surface area contributed by atoms with E-state index in [1.807, 2.05) is 29.2 Å². The Hall–Kier alpha value is -1.23. The number of amidine groups is 2. The first-order valence-electron chi connectivity index (χ1n) is 5.95. The van der Waals surface area contributed by atoms with Crippen molar-refractivity contribution in [3.05, 3.63) is 41.7 Å². The Labute approximate surface area is 131 Å². The number of hydrogen-bond acceptors (Lipinski definition) is 4. The van der Waals surface area contributed by atoms with Gasteiger partial charge in [0.25, 0.3) is 0 Å². The van der Waals surface area contributed by atoms with Crippen molar-refractivity contribution >= 4 is 52.2 Å². The maximum Gasteiger partial charge on any atom is 0.247 e. The molecule has 0 aromatic heterocycles. The molecule has 0 amide bonds. The number of halogens is 3. The largest absolute Gasteiger partial charge is 0.508 e. The highest BCUT2D eigenvalue weighted by Crippen LogP contribution is 2.34. The molecule has 0 bridgehead atoms. The summed E-state index contributed by atoms with van der Waals surface area (Å²) < 4.78 is -1.86. The van der Waals surface area contributed by atoms with E-state index >= 15 is 0 Å². The van der Waals surface area contributed by atoms with Crippen molar-refractivity contribution in [1.29, 1.82) is 0 Å². The summed E-state index contributed by atoms with van der Waals surface area (Å²) in [5.74, 6) is 0.981. The molecule has 0 unspecified atom stereocenters. The fourth-order valence-electron chi connectivity index (χ4n) is 2.16. The van der Waals surface area contributed by atoms with E-state index < -0.39 is 3.79 Å². The average molecular weight is 331 g/mol. The van der Waals surface area contributed by atoms with Gasteiger partial charge < -0.3 is 10.0 Å². The first-order chi connectivity index (χ1) is 9.47. The summed E-state index contributed by atoms with van der Waals surface area (Å²) in [7, 11) is 0. The third-order valence-corrected chi connectivity index (χ3v) is 3.63. The molecule has 0 atom stereocenters. The zero-order valence-corrected chi connectivity index (χ0v) is 12.5. The van der Waals surface area contributed by atoms with Crippen LogP contribution in [0.15, 0.2) is 46.1 Å². The molecule has 3 rings (SSSR count). The molecule has 0 fully saturated rings. The first-order valence-corrected chi connectivity index (χ1v) is 7.08. The van der Waals surface area contributed by atoms with Crippen LogP contribution in [0.25, 0.3) is 0 Å². The maximum atomic E-state index is 9.82. The second kappa shape index (κ2) is 4.95. The Morgan fingerprint density at radius 3 is 2.80 bits per heavy atom. The average Bonchev–Trinajstić information content (AvgIpc) is 2.87. The van der Waals surface area contributed by atoms with Crippen LogP contribution in [0.4, 0.5) is 5.69 Å². The molecular weight excluding hydrogens is 321 g/mol. The molecular formula is C13H10Cl3N3O. The molecule has 0 saturated heterocycles. The number of allylic oxidation sites excluding steroid dienone is 1. The van der Waals surface area contributed by atoms with Gasteiger partial charge in [0.1, 0.15) is 17.4 Å². The highest BCUT2D eigenvalue weighted by atomic mass is 35.6. The van der Waals surface area contributed by atoms with Gasteiger partial charge in [0.05, 0.1) is 12.2 Å². The van der Waals surface area contributed by atoms with Crippen LogP contribution < -0.4 is 0 Å². The SMILES string of the molecule is O/C(=C\C1=Nc2ccccc2C2=NCCN12)C(Cl)(Cl)Cl. The third-order valence-electron chi connectivity index (χ3n) is 3.05. The number of hydrogen-bond donors (Lipinski definition) is 1. The minimum absolute atomic E-state index is 0.369. The van der Waals surface area contributed by atoms with Gasteiger partial charge in [-0.3, -0.25) is 4.99 Å². The number of nitrogens with zero attached hydrogens (tertiary/aromatic N) is 3. The number of benzene rings is 1. The van der Waals surface area contributed by atoms with E-state index in [1.165, 1.54) is 6.08 Å². The molecule has 1 aromatic carbocycles. The van der Waals surface area contributed by atoms with Gasteiger partial charge in [-0.05, 0) is 12.1 Å². The quantitative estimate of drug-likeness (QED) is 0.632. The van der Waals surface area contributed by atoms with E-state index in [9.17, 15) is 5.11 Å². The lowest BCUT2D eigenvalue weighted by molar-refractivity contribution is 0.402. The van der Waals surface area contributed by atoms with Crippen LogP contribution in [-0.4, -0.2) is 38.6 Å². The smallest absolute Gasteiger partial charge is 0.247 e. The van der Waals surface area contributed by atoms with Crippen molar-refractivity contribution in [2.24, 2.45) is 9.98 Å². The van der Waals surface area contributed by atoms with E-state index in [-0.39, 0.29) is 5.76 Å². The predicted molar refractivity (Wildman–Crippen MR) is 82.6 cm³/mol. The molecule has 2 aliphatic heterocycles. The fourth-order valence-corrected chi connectivity index (χ4v) is 2.32. The Kier molecular flexibility index (Phi) is 3.40. The molecule has 4 nitrogen and oxygen atoms in total. The first kappa shape index (κ1) is 13.7. The van der Waals surface area contributed by atoms with Crippen LogP contribution in [0.1, 0.15) is 5.56 Å². The van der Waals surface area contributed by atoms with Crippen LogP contribution in [0.5, 0.6) is 0 Å². The van der Waals surface area contributed by atoms with Gasteiger partial charge in [-0.1, -0.05) is 46.9 Å². The van der Waals surface area contributed by atoms with Gasteiger partial charge >= 0.3 is 0 Å². The molecule has 0 spiro atoms. The summed E-state index contributed by atoms with van der Waals surface area (Å²) >= 11 is 17.0. The highest BCUT2D eigenvalue weighted by Gasteiger charge is 2.31. The third kappa shape index (κ3) is 2.39. The summed E-state index contributed by atoms with van der Waals surface area (Å²) in [6, 6.07) is 7.68. The lowest BCUT2D eigenvalue weighted by Gasteiger charge is -2.26. The molecule has 0 radical (unpaired) electrons. The second-order valence-corrected chi connectivity index (χ2v) is 6.65. The normalized spacial score (nSPS) is 18.4. The molecule has 1 N–H and O–H groups in total. The van der Waals surface area contributed by atoms with Crippen LogP contribution >= 0.6 is 34.8 Å². The maximum absolute atomic E-state index is 9.82. The van der Waals surface area contributed by atoms with E-state index in [0.717, 1.165) is 17.1 Å². The van der Waals surface area contributed by atoms with Crippen molar-refractivity contribution in [3.8, 4) is 0 Å². The number of fused-ring (bicyclic) bond motifs is 3. The topological polar surface area (TPSA) is 48.2 Å². The standard InChI is InChI=1S/C13H10Cl3N3O/c14-13(15,16)10(20)7-11-18-9-4-2-1-3-8(9)12-17-5-6-19(11)12/h1-4,7,20H,5-6H2/b10-7-. The van der Waals surface area contributed by atoms with E-state index in [2.05, 4.69) is 9.98 Å². The Balaban J connectivity index is 2.09. The summed E-state index contributed by atoms with van der Waals surface area (Å²) in [4.78, 5) is 10.9. The monoisotopic (exact) mass is 329 g/mol. The number of para-hydroxylation sites is 1. The van der Waals surface area contributed by atoms with Crippen molar-refractivity contribution in [3.63, 3.8) is 0 Å². The number of aliphatic hydroxyl groups is 1. The Bertz CT molecular complexity index is 647. The fraction of sp³-hybridized carbons (Fsp3) is 0.231. The number of rotatable bonds is 1. The molecule has 0 saturated carbocycles. The minimum atomic E-state index is -1.86. The van der Waals surface area contributed by atoms with Gasteiger partial charge in [0, 0.05) is 18.2 Å². The van der Waals surface area contributed by atoms with Crippen LogP contribution in [-0.2, 0) is 0 Å². The van der Waals surface area contributed by atoms with Crippen molar-refractivity contribution in [2.45, 2.75) is 3.79 Å². The summed E-state index contributed by atoms with van der Waals surface area (Å²) in [6.07, 6.45) is 1.36. The van der Waals surface area contributed by atoms with Crippen LogP contribution in [0.3, 0.4) is 0 Å². The minimum Gasteiger partial charge on any atom is -0.508 e. The van der Waals surface area contributed by atoms with Crippen molar-refractivity contribution in [2.75, 3.05) is 13.1 Å². The van der Waals surface area contributed by atoms with Crippen LogP contribution in [0.2, 0.25) is 0 Å². The van der Waals surface area contributed by atoms with Gasteiger partial charge in [-0.25, -0.2) is 4.99 Å². The summed E-state index contributed by atoms with van der Waals surface area (Å²) in [5.41, 5.74) is 1.75. The van der Waals surface area contributed by atoms with Crippen molar-refractivity contribution in [1.82, 2.24) is 4.90 Å². The molecule has 104 valence electrons. The van der Waals surface area contributed by atoms with Gasteiger partial charge in [-0.2, -0.15) is 0 Å². The van der Waals surface area contributed by atoms with E-state index in [1.54, 1.807) is 0 Å². The number of aliphatic hydroxyl groups excluding tert-OH is 1. The van der Waals surface area contributed by atoms with Gasteiger partial charge in [-0.15, -0.1) is 0 Å². The highest BCUT2D eigenvalue weighted by molar-refractivity contribution is 6.69. The molecule has 2 aliphatic rings. The van der Waals surface area contributed by atoms with Crippen LogP contribution in [0, 0.1) is 0 Å². The van der Waals surface area contributed by atoms with Gasteiger partial charge in [0.15, 0.2) is 0 Å². The molecule has 2 heterocycles. The van der Waals surface area contributed by atoms with Crippen molar-refractivity contribution < 1.29 is 5.11 Å². The van der Waals surface area contributed by atoms with Gasteiger partial charge in [0.2, 0.25) is 3.79 Å². The zero-order chi connectivity index (χ0) is 14.3. The predicted octanol–water partition coefficient (Wildman–Crippen LogP) is 3.60. The van der Waals surface area contributed by atoms with E-state index in [4.69, 9.17) is 34.8 Å².